The van der Waals surface area contributed by atoms with Gasteiger partial charge in [0.1, 0.15) is 10.7 Å². The van der Waals surface area contributed by atoms with Crippen LogP contribution in [-0.2, 0) is 46.9 Å². The summed E-state index contributed by atoms with van der Waals surface area (Å²) < 4.78 is 75.3. The highest BCUT2D eigenvalue weighted by atomic mass is 32.2. The smallest absolute Gasteiger partial charge is 0.471 e. The first kappa shape index (κ1) is 24.5. The molecule has 0 fully saturated rings. The zero-order chi connectivity index (χ0) is 25.8. The number of halogens is 4. The normalized spacial score (nSPS) is 19.6. The number of fused-ring (bicyclic) bond motifs is 3. The second kappa shape index (κ2) is 8.73. The van der Waals surface area contributed by atoms with Crippen LogP contribution in [-0.4, -0.2) is 45.3 Å². The van der Waals surface area contributed by atoms with Crippen molar-refractivity contribution in [1.82, 2.24) is 15.1 Å². The monoisotopic (exact) mass is 530 g/mol. The van der Waals surface area contributed by atoms with E-state index in [0.29, 0.717) is 42.5 Å². The van der Waals surface area contributed by atoms with Gasteiger partial charge in [0.05, 0.1) is 19.3 Å². The molecule has 2 atom stereocenters. The van der Waals surface area contributed by atoms with E-state index in [-0.39, 0.29) is 36.3 Å². The van der Waals surface area contributed by atoms with Gasteiger partial charge < -0.3 is 15.4 Å². The van der Waals surface area contributed by atoms with Gasteiger partial charge in [-0.05, 0) is 54.4 Å². The van der Waals surface area contributed by atoms with Crippen molar-refractivity contribution in [3.63, 3.8) is 0 Å². The Labute approximate surface area is 202 Å². The molecule has 0 bridgehead atoms. The topological polar surface area (TPSA) is 141 Å². The van der Waals surface area contributed by atoms with Crippen molar-refractivity contribution in [2.75, 3.05) is 18.5 Å². The van der Waals surface area contributed by atoms with Crippen molar-refractivity contribution in [3.8, 4) is 5.88 Å². The average Bonchev–Trinajstić information content (AvgIpc) is 3.41. The van der Waals surface area contributed by atoms with Crippen LogP contribution in [0, 0.1) is 11.7 Å². The fraction of sp³-hybridized carbons (Fsp3) is 0.476. The molecule has 0 radical (unpaired) electrons. The number of rotatable bonds is 4. The number of amides is 3. The van der Waals surface area contributed by atoms with Crippen LogP contribution >= 0.6 is 0 Å². The van der Waals surface area contributed by atoms with Crippen molar-refractivity contribution in [2.24, 2.45) is 15.4 Å². The largest absolute Gasteiger partial charge is 0.476 e. The lowest BCUT2D eigenvalue weighted by atomic mass is 9.83. The third kappa shape index (κ3) is 4.30. The van der Waals surface area contributed by atoms with Crippen LogP contribution in [0.5, 0.6) is 5.88 Å². The molecule has 0 spiro atoms. The molecule has 4 N–H and O–H groups in total. The lowest BCUT2D eigenvalue weighted by molar-refractivity contribution is -0.173. The fourth-order valence-electron chi connectivity index (χ4n) is 4.76. The van der Waals surface area contributed by atoms with Crippen molar-refractivity contribution in [3.05, 3.63) is 34.3 Å². The molecule has 1 aliphatic heterocycles. The predicted molar refractivity (Wildman–Crippen MR) is 118 cm³/mol. The molecular formula is C21H22F4N6O4S. The standard InChI is InChI=1S/C21H22F4N6O4S/c22-16-11-2-1-3-13(11)17(14-5-4-12(14)16)29-20(33)30-36(26,34)15-7-28-31-8-10(9-35-18(15)31)6-27-19(32)21(23,24)25/h7,10H,1-6,8-9H2,(H,27,32)(H3,26,29,30,33,34). The number of hydrogen-bond acceptors (Lipinski definition) is 5. The summed E-state index contributed by atoms with van der Waals surface area (Å²) in [5, 5.41) is 14.3. The maximum absolute atomic E-state index is 14.6. The summed E-state index contributed by atoms with van der Waals surface area (Å²) in [4.78, 5) is 23.6. The number of nitrogens with two attached hydrogens (primary N) is 1. The van der Waals surface area contributed by atoms with Crippen LogP contribution in [0.4, 0.5) is 28.0 Å². The Morgan fingerprint density at radius 1 is 1.19 bits per heavy atom. The fourth-order valence-corrected chi connectivity index (χ4v) is 5.76. The van der Waals surface area contributed by atoms with Crippen LogP contribution in [0.15, 0.2) is 15.5 Å². The summed E-state index contributed by atoms with van der Waals surface area (Å²) in [7, 11) is -3.81. The summed E-state index contributed by atoms with van der Waals surface area (Å²) in [5.41, 5.74) is 3.13. The molecule has 2 unspecified atom stereocenters. The number of nitrogens with one attached hydrogen (secondary N) is 2. The summed E-state index contributed by atoms with van der Waals surface area (Å²) in [5.74, 6) is -2.83. The van der Waals surface area contributed by atoms with Gasteiger partial charge in [0, 0.05) is 18.2 Å². The minimum Gasteiger partial charge on any atom is -0.476 e. The Kier molecular flexibility index (Phi) is 5.94. The number of hydrogen-bond donors (Lipinski definition) is 3. The maximum Gasteiger partial charge on any atom is 0.471 e. The number of ether oxygens (including phenoxy) is 1. The number of carbonyl (C=O) groups is 2. The molecule has 36 heavy (non-hydrogen) atoms. The Bertz CT molecular complexity index is 1400. The van der Waals surface area contributed by atoms with Gasteiger partial charge >= 0.3 is 18.1 Å². The molecule has 10 nitrogen and oxygen atoms in total. The first-order valence-corrected chi connectivity index (χ1v) is 12.8. The van der Waals surface area contributed by atoms with E-state index in [1.165, 1.54) is 4.68 Å². The number of urea groups is 1. The SMILES string of the molecule is NS(=O)(=NC(=O)Nc1c2c(c(F)c3c1CC3)CCC2)c1cnn2c1OCC(CNC(=O)C(F)(F)F)C2. The van der Waals surface area contributed by atoms with Gasteiger partial charge in [0.15, 0.2) is 9.92 Å². The molecule has 0 saturated heterocycles. The molecule has 5 rings (SSSR count). The van der Waals surface area contributed by atoms with Crippen LogP contribution in [0.25, 0.3) is 0 Å². The van der Waals surface area contributed by atoms with Crippen molar-refractivity contribution >= 4 is 27.5 Å². The van der Waals surface area contributed by atoms with Gasteiger partial charge in [-0.15, -0.1) is 4.36 Å². The Balaban J connectivity index is 1.32. The van der Waals surface area contributed by atoms with E-state index in [2.05, 4.69) is 14.8 Å². The van der Waals surface area contributed by atoms with Crippen LogP contribution in [0.1, 0.15) is 28.7 Å². The number of benzene rings is 1. The van der Waals surface area contributed by atoms with E-state index in [1.54, 1.807) is 5.32 Å². The van der Waals surface area contributed by atoms with Gasteiger partial charge in [-0.3, -0.25) is 4.79 Å². The third-order valence-electron chi connectivity index (χ3n) is 6.56. The zero-order valence-corrected chi connectivity index (χ0v) is 19.6. The molecule has 15 heteroatoms. The van der Waals surface area contributed by atoms with E-state index in [0.717, 1.165) is 23.7 Å². The number of carbonyl (C=O) groups excluding carboxylic acids is 2. The molecular weight excluding hydrogens is 508 g/mol. The Morgan fingerprint density at radius 3 is 2.56 bits per heavy atom. The maximum atomic E-state index is 14.6. The van der Waals surface area contributed by atoms with Crippen molar-refractivity contribution in [1.29, 1.82) is 0 Å². The minimum absolute atomic E-state index is 0.0239. The van der Waals surface area contributed by atoms with Gasteiger partial charge in [-0.2, -0.15) is 18.3 Å². The first-order valence-electron chi connectivity index (χ1n) is 11.2. The quantitative estimate of drug-likeness (QED) is 0.520. The molecule has 2 aromatic rings. The van der Waals surface area contributed by atoms with Gasteiger partial charge in [0.2, 0.25) is 5.88 Å². The van der Waals surface area contributed by atoms with Crippen LogP contribution in [0.3, 0.4) is 0 Å². The zero-order valence-electron chi connectivity index (χ0n) is 18.8. The van der Waals surface area contributed by atoms with Gasteiger partial charge in [-0.1, -0.05) is 0 Å². The number of alkyl halides is 3. The van der Waals surface area contributed by atoms with Crippen LogP contribution < -0.4 is 20.5 Å². The minimum atomic E-state index is -5.00. The summed E-state index contributed by atoms with van der Waals surface area (Å²) in [6.45, 7) is -0.362. The van der Waals surface area contributed by atoms with E-state index in [9.17, 15) is 31.4 Å². The summed E-state index contributed by atoms with van der Waals surface area (Å²) >= 11 is 0. The van der Waals surface area contributed by atoms with E-state index in [1.807, 2.05) is 0 Å². The molecule has 2 heterocycles. The third-order valence-corrected chi connectivity index (χ3v) is 7.91. The summed E-state index contributed by atoms with van der Waals surface area (Å²) in [6, 6.07) is -0.958. The van der Waals surface area contributed by atoms with E-state index < -0.39 is 33.9 Å². The Morgan fingerprint density at radius 2 is 1.86 bits per heavy atom. The van der Waals surface area contributed by atoms with Gasteiger partial charge in [-0.25, -0.2) is 23.2 Å². The molecule has 3 aliphatic rings. The number of anilines is 1. The van der Waals surface area contributed by atoms with Crippen molar-refractivity contribution in [2.45, 2.75) is 49.7 Å². The van der Waals surface area contributed by atoms with E-state index >= 15 is 0 Å². The lowest BCUT2D eigenvalue weighted by Crippen LogP contribution is -2.42. The highest BCUT2D eigenvalue weighted by molar-refractivity contribution is 7.91. The Hall–Kier alpha value is -3.20. The molecule has 3 amide bonds. The van der Waals surface area contributed by atoms with Crippen molar-refractivity contribution < 1.29 is 36.1 Å². The summed E-state index contributed by atoms with van der Waals surface area (Å²) in [6.07, 6.45) is -0.713. The van der Waals surface area contributed by atoms with E-state index in [4.69, 9.17) is 9.88 Å². The predicted octanol–water partition coefficient (Wildman–Crippen LogP) is 2.23. The molecule has 1 aromatic carbocycles. The highest BCUT2D eigenvalue weighted by Gasteiger charge is 2.39. The second-order valence-corrected chi connectivity index (χ2v) is 10.7. The lowest BCUT2D eigenvalue weighted by Gasteiger charge is -2.26. The number of aromatic nitrogens is 2. The average molecular weight is 531 g/mol. The van der Waals surface area contributed by atoms with Crippen LogP contribution in [0.2, 0.25) is 0 Å². The van der Waals surface area contributed by atoms with Gasteiger partial charge in [0.25, 0.3) is 0 Å². The molecule has 1 aromatic heterocycles. The second-order valence-electron chi connectivity index (χ2n) is 8.93. The molecule has 194 valence electrons. The number of nitrogens with zero attached hydrogens (tertiary/aromatic N) is 3. The first-order chi connectivity index (χ1) is 17.0. The highest BCUT2D eigenvalue weighted by Crippen LogP contribution is 2.42. The molecule has 2 aliphatic carbocycles. The molecule has 0 saturated carbocycles.